The molecule has 0 fully saturated rings. The van der Waals surface area contributed by atoms with Gasteiger partial charge in [0.05, 0.1) is 13.7 Å². The van der Waals surface area contributed by atoms with Crippen molar-refractivity contribution in [3.05, 3.63) is 24.3 Å². The van der Waals surface area contributed by atoms with E-state index in [2.05, 4.69) is 15.6 Å². The second-order valence-electron chi connectivity index (χ2n) is 3.82. The van der Waals surface area contributed by atoms with Gasteiger partial charge in [0, 0.05) is 19.2 Å². The molecule has 0 saturated heterocycles. The molecule has 0 saturated carbocycles. The zero-order valence-corrected chi connectivity index (χ0v) is 11.9. The van der Waals surface area contributed by atoms with Crippen LogP contribution in [-0.2, 0) is 0 Å². The summed E-state index contributed by atoms with van der Waals surface area (Å²) in [6, 6.07) is 7.56. The first-order valence-electron chi connectivity index (χ1n) is 6.59. The van der Waals surface area contributed by atoms with Crippen LogP contribution in [0.4, 0.5) is 0 Å². The van der Waals surface area contributed by atoms with Crippen molar-refractivity contribution in [1.82, 2.24) is 10.6 Å². The Bertz CT molecular complexity index is 386. The summed E-state index contributed by atoms with van der Waals surface area (Å²) >= 11 is 0. The molecular weight excluding hydrogens is 242 g/mol. The quantitative estimate of drug-likeness (QED) is 0.447. The zero-order chi connectivity index (χ0) is 13.9. The maximum Gasteiger partial charge on any atom is 0.191 e. The van der Waals surface area contributed by atoms with Crippen molar-refractivity contribution in [2.45, 2.75) is 13.8 Å². The molecule has 0 atom stereocenters. The van der Waals surface area contributed by atoms with Crippen LogP contribution in [0.3, 0.4) is 0 Å². The van der Waals surface area contributed by atoms with Gasteiger partial charge in [-0.3, -0.25) is 0 Å². The van der Waals surface area contributed by atoms with Crippen LogP contribution >= 0.6 is 0 Å². The highest BCUT2D eigenvalue weighted by Crippen LogP contribution is 2.18. The molecule has 1 aromatic carbocycles. The number of nitrogens with zero attached hydrogens (tertiary/aromatic N) is 1. The lowest BCUT2D eigenvalue weighted by Crippen LogP contribution is -2.37. The Labute approximate surface area is 115 Å². The van der Waals surface area contributed by atoms with E-state index in [0.29, 0.717) is 13.2 Å². The summed E-state index contributed by atoms with van der Waals surface area (Å²) in [7, 11) is 1.64. The van der Waals surface area contributed by atoms with E-state index in [0.717, 1.165) is 30.5 Å². The first-order valence-corrected chi connectivity index (χ1v) is 6.59. The third kappa shape index (κ3) is 5.99. The van der Waals surface area contributed by atoms with Crippen LogP contribution in [0.5, 0.6) is 11.5 Å². The molecule has 0 spiro atoms. The molecule has 1 rings (SSSR count). The number of ether oxygens (including phenoxy) is 2. The molecule has 0 bridgehead atoms. The van der Waals surface area contributed by atoms with Gasteiger partial charge in [0.25, 0.3) is 0 Å². The van der Waals surface area contributed by atoms with Crippen molar-refractivity contribution in [1.29, 1.82) is 0 Å². The predicted molar refractivity (Wildman–Crippen MR) is 78.1 cm³/mol. The molecule has 0 aliphatic heterocycles. The lowest BCUT2D eigenvalue weighted by Gasteiger charge is -2.10. The normalized spacial score (nSPS) is 9.63. The summed E-state index contributed by atoms with van der Waals surface area (Å²) in [5.41, 5.74) is 0. The van der Waals surface area contributed by atoms with E-state index in [1.54, 1.807) is 7.11 Å². The highest BCUT2D eigenvalue weighted by Gasteiger charge is 1.97. The molecule has 1 aromatic rings. The Kier molecular flexibility index (Phi) is 7.24. The number of aliphatic imine (C=N–C) groups is 1. The molecule has 0 unspecified atom stereocenters. The van der Waals surface area contributed by atoms with E-state index < -0.39 is 0 Å². The molecule has 5 nitrogen and oxygen atoms in total. The topological polar surface area (TPSA) is 54.9 Å². The number of methoxy groups -OCH3 is 1. The summed E-state index contributed by atoms with van der Waals surface area (Å²) in [6.45, 7) is 6.92. The van der Waals surface area contributed by atoms with E-state index in [-0.39, 0.29) is 0 Å². The van der Waals surface area contributed by atoms with Gasteiger partial charge in [-0.25, -0.2) is 4.99 Å². The van der Waals surface area contributed by atoms with Crippen molar-refractivity contribution < 1.29 is 9.47 Å². The molecular formula is C14H23N3O2. The van der Waals surface area contributed by atoms with Crippen molar-refractivity contribution >= 4 is 5.96 Å². The zero-order valence-electron chi connectivity index (χ0n) is 11.9. The Hall–Kier alpha value is -1.91. The fourth-order valence-corrected chi connectivity index (χ4v) is 1.52. The second-order valence-corrected chi connectivity index (χ2v) is 3.82. The van der Waals surface area contributed by atoms with Crippen molar-refractivity contribution in [3.63, 3.8) is 0 Å². The van der Waals surface area contributed by atoms with E-state index in [4.69, 9.17) is 9.47 Å². The molecule has 0 aromatic heterocycles. The van der Waals surface area contributed by atoms with Crippen LogP contribution in [0.25, 0.3) is 0 Å². The minimum Gasteiger partial charge on any atom is -0.497 e. The Morgan fingerprint density at radius 2 is 1.84 bits per heavy atom. The van der Waals surface area contributed by atoms with Gasteiger partial charge < -0.3 is 20.1 Å². The average Bonchev–Trinajstić information content (AvgIpc) is 2.44. The van der Waals surface area contributed by atoms with Gasteiger partial charge in [-0.2, -0.15) is 0 Å². The molecule has 0 heterocycles. The summed E-state index contributed by atoms with van der Waals surface area (Å²) in [5.74, 6) is 2.41. The number of guanidine groups is 1. The largest absolute Gasteiger partial charge is 0.497 e. The Balaban J connectivity index is 2.37. The van der Waals surface area contributed by atoms with Crippen LogP contribution in [0.15, 0.2) is 29.3 Å². The highest BCUT2D eigenvalue weighted by atomic mass is 16.5. The standard InChI is InChI=1S/C14H23N3O2/c1-4-15-14(16-5-2)17-9-10-19-13-8-6-7-12(11-13)18-3/h6-8,11H,4-5,9-10H2,1-3H3,(H2,15,16,17). The number of nitrogens with one attached hydrogen (secondary N) is 2. The van der Waals surface area contributed by atoms with E-state index >= 15 is 0 Å². The molecule has 0 aliphatic carbocycles. The maximum absolute atomic E-state index is 5.61. The van der Waals surface area contributed by atoms with Gasteiger partial charge in [0.2, 0.25) is 0 Å². The number of rotatable bonds is 7. The first kappa shape index (κ1) is 15.1. The second kappa shape index (κ2) is 9.08. The van der Waals surface area contributed by atoms with Crippen LogP contribution < -0.4 is 20.1 Å². The van der Waals surface area contributed by atoms with Gasteiger partial charge >= 0.3 is 0 Å². The summed E-state index contributed by atoms with van der Waals surface area (Å²) < 4.78 is 10.7. The van der Waals surface area contributed by atoms with Crippen molar-refractivity contribution in [2.75, 3.05) is 33.4 Å². The molecule has 106 valence electrons. The summed E-state index contributed by atoms with van der Waals surface area (Å²) in [6.07, 6.45) is 0. The highest BCUT2D eigenvalue weighted by molar-refractivity contribution is 5.79. The number of hydrogen-bond donors (Lipinski definition) is 2. The van der Waals surface area contributed by atoms with Gasteiger partial charge in [-0.05, 0) is 26.0 Å². The average molecular weight is 265 g/mol. The van der Waals surface area contributed by atoms with Crippen LogP contribution in [0, 0.1) is 0 Å². The lowest BCUT2D eigenvalue weighted by atomic mass is 10.3. The van der Waals surface area contributed by atoms with Crippen molar-refractivity contribution in [2.24, 2.45) is 4.99 Å². The van der Waals surface area contributed by atoms with Gasteiger partial charge in [0.15, 0.2) is 5.96 Å². The van der Waals surface area contributed by atoms with Gasteiger partial charge in [0.1, 0.15) is 18.1 Å². The van der Waals surface area contributed by atoms with E-state index in [9.17, 15) is 0 Å². The Morgan fingerprint density at radius 1 is 1.16 bits per heavy atom. The van der Waals surface area contributed by atoms with E-state index in [1.165, 1.54) is 0 Å². The fourth-order valence-electron chi connectivity index (χ4n) is 1.52. The summed E-state index contributed by atoms with van der Waals surface area (Å²) in [5, 5.41) is 6.33. The third-order valence-corrected chi connectivity index (χ3v) is 2.36. The smallest absolute Gasteiger partial charge is 0.191 e. The number of benzene rings is 1. The predicted octanol–water partition coefficient (Wildman–Crippen LogP) is 1.65. The Morgan fingerprint density at radius 3 is 2.47 bits per heavy atom. The van der Waals surface area contributed by atoms with Crippen LogP contribution in [0.2, 0.25) is 0 Å². The monoisotopic (exact) mass is 265 g/mol. The SMILES string of the molecule is CCNC(=NCCOc1cccc(OC)c1)NCC. The molecule has 5 heteroatoms. The lowest BCUT2D eigenvalue weighted by molar-refractivity contribution is 0.325. The van der Waals surface area contributed by atoms with Gasteiger partial charge in [-0.15, -0.1) is 0 Å². The minimum absolute atomic E-state index is 0.535. The number of hydrogen-bond acceptors (Lipinski definition) is 3. The first-order chi connectivity index (χ1) is 9.30. The molecule has 2 N–H and O–H groups in total. The van der Waals surface area contributed by atoms with Crippen molar-refractivity contribution in [3.8, 4) is 11.5 Å². The van der Waals surface area contributed by atoms with Crippen LogP contribution in [0.1, 0.15) is 13.8 Å². The van der Waals surface area contributed by atoms with Crippen LogP contribution in [-0.4, -0.2) is 39.3 Å². The minimum atomic E-state index is 0.535. The van der Waals surface area contributed by atoms with Gasteiger partial charge in [-0.1, -0.05) is 6.07 Å². The fraction of sp³-hybridized carbons (Fsp3) is 0.500. The molecule has 0 amide bonds. The maximum atomic E-state index is 5.61. The van der Waals surface area contributed by atoms with E-state index in [1.807, 2.05) is 38.1 Å². The molecule has 19 heavy (non-hydrogen) atoms. The summed E-state index contributed by atoms with van der Waals surface area (Å²) in [4.78, 5) is 4.40. The third-order valence-electron chi connectivity index (χ3n) is 2.36. The molecule has 0 radical (unpaired) electrons. The molecule has 0 aliphatic rings.